The second-order valence-corrected chi connectivity index (χ2v) is 7.86. The molecule has 0 bridgehead atoms. The molecule has 0 saturated heterocycles. The summed E-state index contributed by atoms with van der Waals surface area (Å²) >= 11 is 1.48. The Morgan fingerprint density at radius 1 is 1.10 bits per heavy atom. The number of benzene rings is 2. The van der Waals surface area contributed by atoms with E-state index in [0.717, 1.165) is 15.8 Å². The van der Waals surface area contributed by atoms with Gasteiger partial charge in [-0.25, -0.2) is 9.78 Å². The van der Waals surface area contributed by atoms with E-state index >= 15 is 0 Å². The Bertz CT molecular complexity index is 1430. The Morgan fingerprint density at radius 2 is 1.90 bits per heavy atom. The van der Waals surface area contributed by atoms with Crippen molar-refractivity contribution in [1.29, 1.82) is 0 Å². The number of aryl methyl sites for hydroxylation is 1. The smallest absolute Gasteiger partial charge is 0.341 e. The maximum Gasteiger partial charge on any atom is 0.341 e. The number of para-hydroxylation sites is 1. The summed E-state index contributed by atoms with van der Waals surface area (Å²) in [4.78, 5) is 30.2. The van der Waals surface area contributed by atoms with Crippen LogP contribution in [0.15, 0.2) is 65.7 Å². The number of hydrogen-bond donors (Lipinski definition) is 0. The zero-order valence-corrected chi connectivity index (χ0v) is 17.0. The van der Waals surface area contributed by atoms with Crippen molar-refractivity contribution in [2.24, 2.45) is 0 Å². The van der Waals surface area contributed by atoms with Crippen molar-refractivity contribution in [3.63, 3.8) is 0 Å². The Hall–Kier alpha value is -3.78. The van der Waals surface area contributed by atoms with E-state index in [1.807, 2.05) is 37.3 Å². The number of carbonyl (C=O) groups excluding carboxylic acids is 1. The highest BCUT2D eigenvalue weighted by molar-refractivity contribution is 7.20. The predicted octanol–water partition coefficient (Wildman–Crippen LogP) is 3.83. The standard InChI is InChI=1S/C22H16N4O3S/c1-13-8-9-17-18(10-13)30-22(23-17)25-11-15-19(16(12-25)21(28)29-2)24-26(20(15)27)14-6-4-3-5-7-14/h3-12H,1-2H3. The van der Waals surface area contributed by atoms with Gasteiger partial charge in [-0.05, 0) is 36.8 Å². The third kappa shape index (κ3) is 2.89. The number of hydrogen-bond acceptors (Lipinski definition) is 6. The minimum atomic E-state index is -0.566. The summed E-state index contributed by atoms with van der Waals surface area (Å²) in [5.41, 5.74) is 3.12. The Labute approximate surface area is 175 Å². The number of ether oxygens (including phenoxy) is 1. The van der Waals surface area contributed by atoms with Crippen LogP contribution in [0.4, 0.5) is 0 Å². The van der Waals surface area contributed by atoms with Crippen molar-refractivity contribution < 1.29 is 9.53 Å². The van der Waals surface area contributed by atoms with Crippen LogP contribution in [0, 0.1) is 6.92 Å². The van der Waals surface area contributed by atoms with E-state index in [1.54, 1.807) is 29.1 Å². The summed E-state index contributed by atoms with van der Waals surface area (Å²) in [7, 11) is 1.30. The lowest BCUT2D eigenvalue weighted by atomic mass is 10.1. The molecule has 0 fully saturated rings. The predicted molar refractivity (Wildman–Crippen MR) is 115 cm³/mol. The molecule has 1 aromatic heterocycles. The van der Waals surface area contributed by atoms with E-state index < -0.39 is 5.97 Å². The van der Waals surface area contributed by atoms with Crippen LogP contribution < -0.4 is 5.56 Å². The van der Waals surface area contributed by atoms with Crippen LogP contribution in [-0.2, 0) is 4.74 Å². The van der Waals surface area contributed by atoms with Crippen molar-refractivity contribution in [2.45, 2.75) is 6.92 Å². The van der Waals surface area contributed by atoms with Gasteiger partial charge in [0.15, 0.2) is 5.13 Å². The van der Waals surface area contributed by atoms with E-state index in [2.05, 4.69) is 16.1 Å². The Balaban J connectivity index is 1.77. The van der Waals surface area contributed by atoms with Crippen molar-refractivity contribution in [3.8, 4) is 22.1 Å². The molecule has 30 heavy (non-hydrogen) atoms. The molecule has 2 aromatic carbocycles. The molecule has 0 unspecified atom stereocenters. The van der Waals surface area contributed by atoms with Crippen molar-refractivity contribution in [2.75, 3.05) is 7.11 Å². The minimum absolute atomic E-state index is 0.206. The topological polar surface area (TPSA) is 79.0 Å². The number of rotatable bonds is 3. The van der Waals surface area contributed by atoms with Gasteiger partial charge in [0.25, 0.3) is 5.56 Å². The molecule has 3 aromatic rings. The molecule has 0 saturated carbocycles. The van der Waals surface area contributed by atoms with Gasteiger partial charge in [0.1, 0.15) is 11.3 Å². The molecule has 5 rings (SSSR count). The van der Waals surface area contributed by atoms with E-state index in [1.165, 1.54) is 23.1 Å². The molecule has 0 amide bonds. The first-order valence-corrected chi connectivity index (χ1v) is 10.0. The first kappa shape index (κ1) is 18.3. The number of methoxy groups -OCH3 is 1. The third-order valence-electron chi connectivity index (χ3n) is 4.83. The van der Waals surface area contributed by atoms with Crippen LogP contribution in [0.1, 0.15) is 15.9 Å². The summed E-state index contributed by atoms with van der Waals surface area (Å²) in [6.07, 6.45) is 3.28. The number of carbonyl (C=O) groups is 1. The molecule has 148 valence electrons. The number of fused-ring (bicyclic) bond motifs is 2. The Kier molecular flexibility index (Phi) is 4.22. The molecule has 0 atom stereocenters. The van der Waals surface area contributed by atoms with Gasteiger partial charge in [-0.15, -0.1) is 0 Å². The summed E-state index contributed by atoms with van der Waals surface area (Å²) in [6, 6.07) is 15.1. The molecule has 0 radical (unpaired) electrons. The van der Waals surface area contributed by atoms with Crippen molar-refractivity contribution in [3.05, 3.63) is 82.4 Å². The number of nitrogens with zero attached hydrogens (tertiary/aromatic N) is 4. The second kappa shape index (κ2) is 6.93. The molecule has 0 spiro atoms. The van der Waals surface area contributed by atoms with Gasteiger partial charge in [0.2, 0.25) is 0 Å². The fourth-order valence-corrected chi connectivity index (χ4v) is 4.37. The van der Waals surface area contributed by atoms with Gasteiger partial charge in [0, 0.05) is 12.4 Å². The number of aromatic nitrogens is 4. The average Bonchev–Trinajstić information content (AvgIpc) is 3.34. The molecular formula is C22H16N4O3S. The maximum absolute atomic E-state index is 13.1. The molecule has 0 N–H and O–H groups in total. The minimum Gasteiger partial charge on any atom is -0.465 e. The first-order chi connectivity index (χ1) is 14.5. The van der Waals surface area contributed by atoms with Crippen LogP contribution in [0.3, 0.4) is 0 Å². The summed E-state index contributed by atoms with van der Waals surface area (Å²) in [5.74, 6) is -0.566. The maximum atomic E-state index is 13.1. The average molecular weight is 416 g/mol. The lowest BCUT2D eigenvalue weighted by Crippen LogP contribution is -2.15. The van der Waals surface area contributed by atoms with Crippen LogP contribution in [0.5, 0.6) is 0 Å². The monoisotopic (exact) mass is 416 g/mol. The fourth-order valence-electron chi connectivity index (χ4n) is 3.35. The van der Waals surface area contributed by atoms with Crippen molar-refractivity contribution >= 4 is 27.5 Å². The van der Waals surface area contributed by atoms with Gasteiger partial charge >= 0.3 is 5.97 Å². The highest BCUT2D eigenvalue weighted by atomic mass is 32.1. The van der Waals surface area contributed by atoms with E-state index in [0.29, 0.717) is 22.1 Å². The van der Waals surface area contributed by atoms with E-state index in [9.17, 15) is 9.59 Å². The van der Waals surface area contributed by atoms with Crippen LogP contribution in [0.2, 0.25) is 0 Å². The van der Waals surface area contributed by atoms with Crippen LogP contribution >= 0.6 is 11.3 Å². The fraction of sp³-hybridized carbons (Fsp3) is 0.0909. The number of thiazole rings is 1. The van der Waals surface area contributed by atoms with Gasteiger partial charge in [-0.3, -0.25) is 9.36 Å². The normalized spacial score (nSPS) is 11.3. The molecule has 2 aliphatic rings. The molecule has 8 heteroatoms. The van der Waals surface area contributed by atoms with Gasteiger partial charge < -0.3 is 4.74 Å². The van der Waals surface area contributed by atoms with Crippen molar-refractivity contribution in [1.82, 2.24) is 19.3 Å². The molecule has 7 nitrogen and oxygen atoms in total. The zero-order chi connectivity index (χ0) is 20.8. The second-order valence-electron chi connectivity index (χ2n) is 6.85. The first-order valence-electron chi connectivity index (χ1n) is 9.21. The van der Waals surface area contributed by atoms with Crippen LogP contribution in [0.25, 0.3) is 32.3 Å². The zero-order valence-electron chi connectivity index (χ0n) is 16.2. The van der Waals surface area contributed by atoms with Gasteiger partial charge in [-0.2, -0.15) is 9.78 Å². The highest BCUT2D eigenvalue weighted by Crippen LogP contribution is 2.29. The number of pyridine rings is 1. The largest absolute Gasteiger partial charge is 0.465 e. The quantitative estimate of drug-likeness (QED) is 0.418. The molecule has 2 aliphatic heterocycles. The van der Waals surface area contributed by atoms with Crippen LogP contribution in [-0.4, -0.2) is 32.4 Å². The third-order valence-corrected chi connectivity index (χ3v) is 5.86. The highest BCUT2D eigenvalue weighted by Gasteiger charge is 2.25. The summed E-state index contributed by atoms with van der Waals surface area (Å²) in [6.45, 7) is 2.02. The lowest BCUT2D eigenvalue weighted by molar-refractivity contribution is 0.0600. The van der Waals surface area contributed by atoms with Gasteiger partial charge in [-0.1, -0.05) is 35.6 Å². The van der Waals surface area contributed by atoms with Gasteiger partial charge in [0.05, 0.1) is 28.6 Å². The molecule has 0 aliphatic carbocycles. The summed E-state index contributed by atoms with van der Waals surface area (Å²) in [5, 5.41) is 5.06. The molecular weight excluding hydrogens is 400 g/mol. The molecule has 3 heterocycles. The Morgan fingerprint density at radius 3 is 2.67 bits per heavy atom. The lowest BCUT2D eigenvalue weighted by Gasteiger charge is -2.08. The van der Waals surface area contributed by atoms with E-state index in [4.69, 9.17) is 4.74 Å². The SMILES string of the molecule is COC(=O)c1cn(-c2nc3ccc(C)cc3s2)cc2c(=O)n(-c3ccccc3)nc1-2. The van der Waals surface area contributed by atoms with E-state index in [-0.39, 0.29) is 11.1 Å². The summed E-state index contributed by atoms with van der Waals surface area (Å²) < 4.78 is 8.95. The number of esters is 1.